The molecule has 18 heavy (non-hydrogen) atoms. The zero-order valence-electron chi connectivity index (χ0n) is 10.00. The van der Waals surface area contributed by atoms with E-state index in [0.717, 1.165) is 18.7 Å². The Labute approximate surface area is 110 Å². The Morgan fingerprint density at radius 2 is 1.78 bits per heavy atom. The van der Waals surface area contributed by atoms with Crippen molar-refractivity contribution in [1.82, 2.24) is 4.90 Å². The molecule has 1 saturated heterocycles. The van der Waals surface area contributed by atoms with E-state index in [0.29, 0.717) is 24.6 Å². The molecule has 2 atom stereocenters. The van der Waals surface area contributed by atoms with E-state index in [1.165, 1.54) is 0 Å². The number of rotatable bonds is 2. The summed E-state index contributed by atoms with van der Waals surface area (Å²) < 4.78 is 38.8. The molecule has 0 saturated carbocycles. The second-order valence-corrected chi connectivity index (χ2v) is 4.71. The molecule has 1 heterocycles. The lowest BCUT2D eigenvalue weighted by Crippen LogP contribution is -2.28. The Morgan fingerprint density at radius 1 is 1.22 bits per heavy atom. The minimum absolute atomic E-state index is 0. The van der Waals surface area contributed by atoms with Gasteiger partial charge < -0.3 is 5.73 Å². The fourth-order valence-corrected chi connectivity index (χ4v) is 2.18. The second kappa shape index (κ2) is 5.91. The van der Waals surface area contributed by atoms with Gasteiger partial charge in [0, 0.05) is 25.7 Å². The minimum Gasteiger partial charge on any atom is -0.326 e. The molecule has 1 aliphatic heterocycles. The van der Waals surface area contributed by atoms with Crippen LogP contribution in [-0.2, 0) is 6.54 Å². The van der Waals surface area contributed by atoms with E-state index < -0.39 is 17.5 Å². The third-order valence-corrected chi connectivity index (χ3v) is 3.20. The van der Waals surface area contributed by atoms with Crippen LogP contribution in [0.1, 0.15) is 12.5 Å². The molecular weight excluding hydrogens is 265 g/mol. The van der Waals surface area contributed by atoms with Crippen LogP contribution in [0.4, 0.5) is 13.2 Å². The Balaban J connectivity index is 0.00000162. The Kier molecular flexibility index (Phi) is 5.01. The molecule has 2 N–H and O–H groups in total. The maximum absolute atomic E-state index is 13.0. The molecule has 1 aromatic carbocycles. The van der Waals surface area contributed by atoms with Crippen LogP contribution in [0.5, 0.6) is 0 Å². The largest absolute Gasteiger partial charge is 0.326 e. The number of likely N-dealkylation sites (tertiary alicyclic amines) is 1. The summed E-state index contributed by atoms with van der Waals surface area (Å²) in [5.74, 6) is -3.33. The Hall–Kier alpha value is -0.780. The number of benzene rings is 1. The highest BCUT2D eigenvalue weighted by molar-refractivity contribution is 5.85. The van der Waals surface area contributed by atoms with Crippen molar-refractivity contribution in [3.05, 3.63) is 35.1 Å². The van der Waals surface area contributed by atoms with E-state index in [1.807, 2.05) is 11.8 Å². The smallest absolute Gasteiger partial charge is 0.194 e. The maximum Gasteiger partial charge on any atom is 0.194 e. The van der Waals surface area contributed by atoms with Crippen LogP contribution >= 0.6 is 12.4 Å². The first-order valence-electron chi connectivity index (χ1n) is 5.58. The number of nitrogens with zero attached hydrogens (tertiary/aromatic N) is 1. The summed E-state index contributed by atoms with van der Waals surface area (Å²) in [6, 6.07) is 2.16. The lowest BCUT2D eigenvalue weighted by atomic mass is 10.1. The van der Waals surface area contributed by atoms with Crippen molar-refractivity contribution >= 4 is 12.4 Å². The summed E-state index contributed by atoms with van der Waals surface area (Å²) in [6.07, 6.45) is 0. The van der Waals surface area contributed by atoms with Gasteiger partial charge in [-0.05, 0) is 23.6 Å². The van der Waals surface area contributed by atoms with Crippen LogP contribution in [-0.4, -0.2) is 24.0 Å². The number of nitrogens with two attached hydrogens (primary N) is 1. The van der Waals surface area contributed by atoms with Crippen LogP contribution in [0.25, 0.3) is 0 Å². The van der Waals surface area contributed by atoms with E-state index in [2.05, 4.69) is 0 Å². The molecule has 0 amide bonds. The van der Waals surface area contributed by atoms with Gasteiger partial charge in [-0.2, -0.15) is 0 Å². The lowest BCUT2D eigenvalue weighted by molar-refractivity contribution is 0.316. The molecule has 6 heteroatoms. The summed E-state index contributed by atoms with van der Waals surface area (Å²) >= 11 is 0. The minimum atomic E-state index is -1.42. The van der Waals surface area contributed by atoms with Crippen molar-refractivity contribution < 1.29 is 13.2 Å². The second-order valence-electron chi connectivity index (χ2n) is 4.71. The number of hydrogen-bond acceptors (Lipinski definition) is 2. The highest BCUT2D eigenvalue weighted by Crippen LogP contribution is 2.19. The summed E-state index contributed by atoms with van der Waals surface area (Å²) in [7, 11) is 0. The van der Waals surface area contributed by atoms with Crippen LogP contribution in [0.3, 0.4) is 0 Å². The van der Waals surface area contributed by atoms with Crippen molar-refractivity contribution in [1.29, 1.82) is 0 Å². The van der Waals surface area contributed by atoms with Gasteiger partial charge in [0.1, 0.15) is 0 Å². The number of hydrogen-bond donors (Lipinski definition) is 1. The summed E-state index contributed by atoms with van der Waals surface area (Å²) in [4.78, 5) is 2.02. The maximum atomic E-state index is 13.0. The zero-order valence-corrected chi connectivity index (χ0v) is 10.8. The Morgan fingerprint density at radius 3 is 2.22 bits per heavy atom. The SMILES string of the molecule is CC1CN(Cc2cc(F)c(F)c(F)c2)CC1N.Cl. The summed E-state index contributed by atoms with van der Waals surface area (Å²) in [5, 5.41) is 0. The van der Waals surface area contributed by atoms with Gasteiger partial charge in [0.2, 0.25) is 0 Å². The van der Waals surface area contributed by atoms with E-state index in [1.54, 1.807) is 0 Å². The van der Waals surface area contributed by atoms with E-state index in [9.17, 15) is 13.2 Å². The average molecular weight is 281 g/mol. The summed E-state index contributed by atoms with van der Waals surface area (Å²) in [5.41, 5.74) is 6.29. The fraction of sp³-hybridized carbons (Fsp3) is 0.500. The molecule has 0 aromatic heterocycles. The van der Waals surface area contributed by atoms with Crippen molar-refractivity contribution in [3.63, 3.8) is 0 Å². The molecule has 102 valence electrons. The van der Waals surface area contributed by atoms with Crippen molar-refractivity contribution in [2.45, 2.75) is 19.5 Å². The molecule has 0 spiro atoms. The van der Waals surface area contributed by atoms with E-state index in [-0.39, 0.29) is 18.4 Å². The van der Waals surface area contributed by atoms with Gasteiger partial charge in [0.05, 0.1) is 0 Å². The zero-order chi connectivity index (χ0) is 12.6. The van der Waals surface area contributed by atoms with Crippen LogP contribution in [0.2, 0.25) is 0 Å². The molecule has 0 radical (unpaired) electrons. The van der Waals surface area contributed by atoms with Gasteiger partial charge in [0.15, 0.2) is 17.5 Å². The average Bonchev–Trinajstić information content (AvgIpc) is 2.54. The number of halogens is 4. The van der Waals surface area contributed by atoms with Gasteiger partial charge in [-0.25, -0.2) is 13.2 Å². The molecule has 2 nitrogen and oxygen atoms in total. The first-order valence-corrected chi connectivity index (χ1v) is 5.58. The van der Waals surface area contributed by atoms with E-state index >= 15 is 0 Å². The third-order valence-electron chi connectivity index (χ3n) is 3.20. The quantitative estimate of drug-likeness (QED) is 0.843. The predicted octanol–water partition coefficient (Wildman–Crippen LogP) is 2.30. The summed E-state index contributed by atoms with van der Waals surface area (Å²) in [6.45, 7) is 3.92. The molecule has 2 rings (SSSR count). The molecule has 1 aliphatic rings. The monoisotopic (exact) mass is 280 g/mol. The van der Waals surface area contributed by atoms with Gasteiger partial charge in [0.25, 0.3) is 0 Å². The molecule has 1 aromatic rings. The van der Waals surface area contributed by atoms with Crippen LogP contribution < -0.4 is 5.73 Å². The normalized spacial score (nSPS) is 24.1. The molecule has 0 aliphatic carbocycles. The standard InChI is InChI=1S/C12H15F3N2.ClH/c1-7-4-17(6-11(7)16)5-8-2-9(13)12(15)10(14)3-8;/h2-3,7,11H,4-6,16H2,1H3;1H. The molecule has 0 bridgehead atoms. The van der Waals surface area contributed by atoms with Crippen molar-refractivity contribution in [2.24, 2.45) is 11.7 Å². The molecular formula is C12H16ClF3N2. The first kappa shape index (κ1) is 15.3. The lowest BCUT2D eigenvalue weighted by Gasteiger charge is -2.15. The highest BCUT2D eigenvalue weighted by atomic mass is 35.5. The van der Waals surface area contributed by atoms with Gasteiger partial charge in [-0.3, -0.25) is 4.90 Å². The van der Waals surface area contributed by atoms with E-state index in [4.69, 9.17) is 5.73 Å². The highest BCUT2D eigenvalue weighted by Gasteiger charge is 2.26. The molecule has 2 unspecified atom stereocenters. The topological polar surface area (TPSA) is 29.3 Å². The van der Waals surface area contributed by atoms with Crippen molar-refractivity contribution in [3.8, 4) is 0 Å². The van der Waals surface area contributed by atoms with Gasteiger partial charge >= 0.3 is 0 Å². The van der Waals surface area contributed by atoms with Gasteiger partial charge in [-0.15, -0.1) is 12.4 Å². The first-order chi connectivity index (χ1) is 7.97. The predicted molar refractivity (Wildman–Crippen MR) is 66.0 cm³/mol. The van der Waals surface area contributed by atoms with Crippen molar-refractivity contribution in [2.75, 3.05) is 13.1 Å². The Bertz CT molecular complexity index is 395. The fourth-order valence-electron chi connectivity index (χ4n) is 2.18. The third kappa shape index (κ3) is 3.16. The van der Waals surface area contributed by atoms with Gasteiger partial charge in [-0.1, -0.05) is 6.92 Å². The van der Waals surface area contributed by atoms with Crippen LogP contribution in [0, 0.1) is 23.4 Å². The van der Waals surface area contributed by atoms with Crippen LogP contribution in [0.15, 0.2) is 12.1 Å². The molecule has 1 fully saturated rings.